The molecule has 0 atom stereocenters. The molecule has 2 aromatic heterocycles. The van der Waals surface area contributed by atoms with E-state index >= 15 is 0 Å². The second-order valence-electron chi connectivity index (χ2n) is 5.47. The number of rotatable bonds is 3. The molecule has 0 aliphatic carbocycles. The van der Waals surface area contributed by atoms with Gasteiger partial charge in [-0.15, -0.1) is 0 Å². The normalized spacial score (nSPS) is 11.0. The monoisotopic (exact) mass is 352 g/mol. The fraction of sp³-hybridized carbons (Fsp3) is 0.0556. The number of hydrogen-bond acceptors (Lipinski definition) is 4. The number of thiazole rings is 1. The van der Waals surface area contributed by atoms with Gasteiger partial charge in [0.05, 0.1) is 16.1 Å². The van der Waals surface area contributed by atoms with Gasteiger partial charge in [0.25, 0.3) is 5.91 Å². The Morgan fingerprint density at radius 1 is 1.12 bits per heavy atom. The summed E-state index contributed by atoms with van der Waals surface area (Å²) in [5.41, 5.74) is 2.83. The van der Waals surface area contributed by atoms with Crippen LogP contribution < -0.4 is 5.32 Å². The van der Waals surface area contributed by atoms with Crippen molar-refractivity contribution >= 4 is 32.7 Å². The molecule has 1 amide bonds. The lowest BCUT2D eigenvalue weighted by molar-refractivity contribution is 0.102. The van der Waals surface area contributed by atoms with Crippen molar-refractivity contribution in [1.82, 2.24) is 14.8 Å². The first-order valence-electron chi connectivity index (χ1n) is 7.60. The Balaban J connectivity index is 1.68. The fourth-order valence-electron chi connectivity index (χ4n) is 2.51. The summed E-state index contributed by atoms with van der Waals surface area (Å²) in [6.45, 7) is 1.91. The lowest BCUT2D eigenvalue weighted by Gasteiger charge is -2.02. The van der Waals surface area contributed by atoms with E-state index in [2.05, 4.69) is 15.4 Å². The molecular formula is C18H13FN4OS. The summed E-state index contributed by atoms with van der Waals surface area (Å²) in [6, 6.07) is 15.1. The van der Waals surface area contributed by atoms with Crippen LogP contribution >= 0.6 is 11.3 Å². The highest BCUT2D eigenvalue weighted by Crippen LogP contribution is 2.30. The van der Waals surface area contributed by atoms with Crippen LogP contribution in [0.5, 0.6) is 0 Å². The molecule has 0 fully saturated rings. The van der Waals surface area contributed by atoms with E-state index in [1.807, 2.05) is 37.3 Å². The number of anilines is 1. The summed E-state index contributed by atoms with van der Waals surface area (Å²) in [5.74, 6) is -0.705. The van der Waals surface area contributed by atoms with Gasteiger partial charge in [0, 0.05) is 5.56 Å². The van der Waals surface area contributed by atoms with E-state index in [1.54, 1.807) is 4.68 Å². The highest BCUT2D eigenvalue weighted by atomic mass is 32.1. The molecule has 2 aromatic carbocycles. The van der Waals surface area contributed by atoms with Crippen molar-refractivity contribution in [2.45, 2.75) is 6.92 Å². The van der Waals surface area contributed by atoms with E-state index in [9.17, 15) is 9.18 Å². The minimum Gasteiger partial charge on any atom is -0.298 e. The number of nitrogens with one attached hydrogen (secondary N) is 1. The van der Waals surface area contributed by atoms with Crippen molar-refractivity contribution in [3.8, 4) is 5.69 Å². The Kier molecular flexibility index (Phi) is 3.77. The van der Waals surface area contributed by atoms with Crippen LogP contribution in [0.15, 0.2) is 54.6 Å². The van der Waals surface area contributed by atoms with E-state index < -0.39 is 0 Å². The zero-order valence-electron chi connectivity index (χ0n) is 13.2. The number of amides is 1. The number of aryl methyl sites for hydroxylation is 1. The van der Waals surface area contributed by atoms with Gasteiger partial charge in [-0.05, 0) is 43.3 Å². The van der Waals surface area contributed by atoms with Crippen LogP contribution in [0, 0.1) is 12.7 Å². The number of hydrogen-bond donors (Lipinski definition) is 1. The molecule has 4 aromatic rings. The maximum Gasteiger partial charge on any atom is 0.257 e. The Morgan fingerprint density at radius 2 is 1.84 bits per heavy atom. The van der Waals surface area contributed by atoms with Crippen LogP contribution in [-0.2, 0) is 0 Å². The molecule has 7 heteroatoms. The average molecular weight is 352 g/mol. The quantitative estimate of drug-likeness (QED) is 0.602. The van der Waals surface area contributed by atoms with E-state index in [4.69, 9.17) is 0 Å². The number of carbonyl (C=O) groups excluding carboxylic acids is 1. The summed E-state index contributed by atoms with van der Waals surface area (Å²) < 4.78 is 15.6. The van der Waals surface area contributed by atoms with Crippen LogP contribution in [-0.4, -0.2) is 20.7 Å². The molecule has 2 heterocycles. The summed E-state index contributed by atoms with van der Waals surface area (Å²) in [4.78, 5) is 16.8. The zero-order chi connectivity index (χ0) is 17.4. The lowest BCUT2D eigenvalue weighted by Crippen LogP contribution is -2.11. The van der Waals surface area contributed by atoms with E-state index in [1.165, 1.54) is 35.6 Å². The molecule has 124 valence electrons. The third-order valence-electron chi connectivity index (χ3n) is 3.72. The molecule has 0 unspecified atom stereocenters. The second kappa shape index (κ2) is 6.10. The van der Waals surface area contributed by atoms with Gasteiger partial charge in [-0.25, -0.2) is 9.07 Å². The summed E-state index contributed by atoms with van der Waals surface area (Å²) in [5, 5.41) is 7.76. The number of aromatic nitrogens is 3. The minimum absolute atomic E-state index is 0.326. The summed E-state index contributed by atoms with van der Waals surface area (Å²) in [6.07, 6.45) is 0. The summed E-state index contributed by atoms with van der Waals surface area (Å²) in [7, 11) is 0. The van der Waals surface area contributed by atoms with Crippen molar-refractivity contribution in [2.75, 3.05) is 5.32 Å². The Labute approximate surface area is 146 Å². The topological polar surface area (TPSA) is 59.8 Å². The van der Waals surface area contributed by atoms with Crippen LogP contribution in [0.2, 0.25) is 0 Å². The highest BCUT2D eigenvalue weighted by Gasteiger charge is 2.16. The maximum atomic E-state index is 13.0. The van der Waals surface area contributed by atoms with E-state index in [-0.39, 0.29) is 11.7 Å². The van der Waals surface area contributed by atoms with Gasteiger partial charge in [0.2, 0.25) is 0 Å². The number of fused-ring (bicyclic) bond motifs is 1. The number of para-hydroxylation sites is 1. The Morgan fingerprint density at radius 3 is 2.56 bits per heavy atom. The van der Waals surface area contributed by atoms with Gasteiger partial charge in [0.15, 0.2) is 10.8 Å². The number of nitrogens with zero attached hydrogens (tertiary/aromatic N) is 3. The van der Waals surface area contributed by atoms with Crippen LogP contribution in [0.25, 0.3) is 16.0 Å². The molecule has 0 saturated carbocycles. The molecule has 25 heavy (non-hydrogen) atoms. The van der Waals surface area contributed by atoms with Crippen molar-refractivity contribution in [2.24, 2.45) is 0 Å². The molecule has 5 nitrogen and oxygen atoms in total. The molecule has 0 aliphatic rings. The lowest BCUT2D eigenvalue weighted by atomic mass is 10.2. The fourth-order valence-corrected chi connectivity index (χ4v) is 3.39. The van der Waals surface area contributed by atoms with Crippen molar-refractivity contribution in [1.29, 1.82) is 0 Å². The molecule has 0 bridgehead atoms. The zero-order valence-corrected chi connectivity index (χ0v) is 14.0. The third-order valence-corrected chi connectivity index (χ3v) is 4.78. The van der Waals surface area contributed by atoms with Crippen molar-refractivity contribution in [3.05, 3.63) is 71.7 Å². The first-order valence-corrected chi connectivity index (χ1v) is 8.42. The molecule has 0 radical (unpaired) electrons. The van der Waals surface area contributed by atoms with Crippen LogP contribution in [0.4, 0.5) is 9.52 Å². The van der Waals surface area contributed by atoms with Crippen LogP contribution in [0.1, 0.15) is 16.1 Å². The minimum atomic E-state index is -0.380. The van der Waals surface area contributed by atoms with E-state index in [0.29, 0.717) is 16.3 Å². The SMILES string of the molecule is Cc1nn(-c2ccccc2)c2nc(NC(=O)c3ccc(F)cc3)sc12. The predicted molar refractivity (Wildman–Crippen MR) is 95.8 cm³/mol. The van der Waals surface area contributed by atoms with Crippen molar-refractivity contribution < 1.29 is 9.18 Å². The number of carbonyl (C=O) groups is 1. The largest absolute Gasteiger partial charge is 0.298 e. The number of halogens is 1. The van der Waals surface area contributed by atoms with Gasteiger partial charge < -0.3 is 0 Å². The molecule has 0 saturated heterocycles. The van der Waals surface area contributed by atoms with E-state index in [0.717, 1.165) is 16.1 Å². The molecule has 1 N–H and O–H groups in total. The first-order chi connectivity index (χ1) is 12.1. The van der Waals surface area contributed by atoms with Gasteiger partial charge in [0.1, 0.15) is 5.82 Å². The third kappa shape index (κ3) is 2.89. The molecule has 0 aliphatic heterocycles. The molecule has 0 spiro atoms. The van der Waals surface area contributed by atoms with Crippen molar-refractivity contribution in [3.63, 3.8) is 0 Å². The second-order valence-corrected chi connectivity index (χ2v) is 6.46. The first kappa shape index (κ1) is 15.5. The van der Waals surface area contributed by atoms with Crippen LogP contribution in [0.3, 0.4) is 0 Å². The van der Waals surface area contributed by atoms with Gasteiger partial charge in [-0.3, -0.25) is 10.1 Å². The maximum absolute atomic E-state index is 13.0. The Hall–Kier alpha value is -3.06. The predicted octanol–water partition coefficient (Wildman–Crippen LogP) is 4.18. The number of benzene rings is 2. The van der Waals surface area contributed by atoms with Gasteiger partial charge in [-0.2, -0.15) is 10.1 Å². The summed E-state index contributed by atoms with van der Waals surface area (Å²) >= 11 is 1.37. The van der Waals surface area contributed by atoms with Gasteiger partial charge >= 0.3 is 0 Å². The standard InChI is InChI=1S/C18H13FN4OS/c1-11-15-16(23(22-11)14-5-3-2-4-6-14)20-18(25-15)21-17(24)12-7-9-13(19)10-8-12/h2-10H,1H3,(H,20,21,24). The molecule has 4 rings (SSSR count). The van der Waals surface area contributed by atoms with Gasteiger partial charge in [-0.1, -0.05) is 29.5 Å². The average Bonchev–Trinajstić information content (AvgIpc) is 3.16. The molecular weight excluding hydrogens is 339 g/mol. The smallest absolute Gasteiger partial charge is 0.257 e. The Bertz CT molecular complexity index is 1050. The highest BCUT2D eigenvalue weighted by molar-refractivity contribution is 7.22.